The number of piperidine rings is 1. The van der Waals surface area contributed by atoms with E-state index in [9.17, 15) is 4.79 Å². The molecule has 1 aliphatic rings. The number of fused-ring (bicyclic) bond motifs is 3. The molecule has 1 fully saturated rings. The van der Waals surface area contributed by atoms with Gasteiger partial charge in [0.15, 0.2) is 5.82 Å². The summed E-state index contributed by atoms with van der Waals surface area (Å²) >= 11 is 0. The molecule has 1 saturated heterocycles. The van der Waals surface area contributed by atoms with Crippen molar-refractivity contribution < 1.29 is 18.3 Å². The van der Waals surface area contributed by atoms with Gasteiger partial charge >= 0.3 is 12.0 Å². The highest BCUT2D eigenvalue weighted by Gasteiger charge is 2.41. The highest BCUT2D eigenvalue weighted by Crippen LogP contribution is 2.38. The molecule has 4 aromatic heterocycles. The average Bonchev–Trinajstić information content (AvgIpc) is 3.62. The normalized spacial score (nSPS) is 15.1. The lowest BCUT2D eigenvalue weighted by Gasteiger charge is -2.34. The minimum absolute atomic E-state index is 0.00842. The van der Waals surface area contributed by atoms with Gasteiger partial charge in [0.05, 0.1) is 18.3 Å². The zero-order chi connectivity index (χ0) is 27.5. The van der Waals surface area contributed by atoms with Gasteiger partial charge in [0.2, 0.25) is 0 Å². The van der Waals surface area contributed by atoms with E-state index < -0.39 is 18.6 Å². The summed E-state index contributed by atoms with van der Waals surface area (Å²) < 4.78 is 38.5. The average molecular weight is 546 g/mol. The molecule has 1 aromatic carbocycles. The second-order valence-electron chi connectivity index (χ2n) is 10.0. The van der Waals surface area contributed by atoms with E-state index in [2.05, 4.69) is 30.2 Å². The number of H-pyrrole nitrogens is 1. The van der Waals surface area contributed by atoms with E-state index in [1.165, 1.54) is 6.20 Å². The number of rotatable bonds is 8. The topological polar surface area (TPSA) is 101 Å². The van der Waals surface area contributed by atoms with Crippen LogP contribution in [0.3, 0.4) is 0 Å². The Bertz CT molecular complexity index is 1600. The number of nitrogens with zero attached hydrogens (tertiary/aromatic N) is 5. The number of alkyl halides is 2. The minimum Gasteiger partial charge on any atom is -0.445 e. The number of amides is 1. The smallest absolute Gasteiger partial charge is 0.407 e. The second-order valence-corrected chi connectivity index (χ2v) is 10.0. The van der Waals surface area contributed by atoms with E-state index in [1.54, 1.807) is 29.1 Å². The summed E-state index contributed by atoms with van der Waals surface area (Å²) in [6, 6.07) is 14.7. The van der Waals surface area contributed by atoms with Crippen LogP contribution in [0.5, 0.6) is 0 Å². The molecule has 9 nitrogen and oxygen atoms in total. The standard InChI is InChI=1S/C29H29F2N7O2/c30-29(31,19-35-28(39)40-18-20-5-2-1-3-6-20)27-36-24-16-34-26-23(8-12-33-26)25(24)38(27)22-9-13-37(14-10-22)17-21-7-4-11-32-15-21/h1-8,11-12,15-16,22H,9-10,13-14,17-19H2,(H,33,34)(H,35,39). The molecule has 5 aromatic rings. The second kappa shape index (κ2) is 11.0. The van der Waals surface area contributed by atoms with Crippen LogP contribution in [0.25, 0.3) is 22.1 Å². The Hall–Kier alpha value is -4.38. The van der Waals surface area contributed by atoms with Crippen LogP contribution in [0.4, 0.5) is 13.6 Å². The Morgan fingerprint density at radius 2 is 1.88 bits per heavy atom. The summed E-state index contributed by atoms with van der Waals surface area (Å²) in [5.41, 5.74) is 3.51. The minimum atomic E-state index is -3.44. The molecular formula is C29H29F2N7O2. The number of ether oxygens (including phenoxy) is 1. The van der Waals surface area contributed by atoms with Crippen molar-refractivity contribution in [3.8, 4) is 0 Å². The molecule has 6 rings (SSSR count). The first kappa shape index (κ1) is 25.9. The Kier molecular flexibility index (Phi) is 7.12. The number of hydrogen-bond acceptors (Lipinski definition) is 6. The van der Waals surface area contributed by atoms with Crippen LogP contribution in [0.2, 0.25) is 0 Å². The third-order valence-corrected chi connectivity index (χ3v) is 7.28. The molecule has 1 amide bonds. The van der Waals surface area contributed by atoms with Crippen molar-refractivity contribution in [3.63, 3.8) is 0 Å². The van der Waals surface area contributed by atoms with Gasteiger partial charge in [-0.3, -0.25) is 9.88 Å². The first-order chi connectivity index (χ1) is 19.5. The molecule has 5 heterocycles. The zero-order valence-electron chi connectivity index (χ0n) is 21.8. The fourth-order valence-corrected chi connectivity index (χ4v) is 5.33. The van der Waals surface area contributed by atoms with Gasteiger partial charge in [-0.05, 0) is 36.1 Å². The number of aromatic nitrogens is 5. The molecule has 0 aliphatic carbocycles. The van der Waals surface area contributed by atoms with Crippen molar-refractivity contribution in [2.45, 2.75) is 38.0 Å². The van der Waals surface area contributed by atoms with Crippen molar-refractivity contribution in [3.05, 3.63) is 90.3 Å². The number of likely N-dealkylation sites (tertiary alicyclic amines) is 1. The number of nitrogens with one attached hydrogen (secondary N) is 2. The molecule has 0 spiro atoms. The molecule has 0 saturated carbocycles. The predicted molar refractivity (Wildman–Crippen MR) is 146 cm³/mol. The Morgan fingerprint density at radius 3 is 2.65 bits per heavy atom. The maximum absolute atomic E-state index is 15.8. The Balaban J connectivity index is 1.23. The molecule has 40 heavy (non-hydrogen) atoms. The van der Waals surface area contributed by atoms with E-state index in [0.29, 0.717) is 29.5 Å². The van der Waals surface area contributed by atoms with Crippen LogP contribution < -0.4 is 5.32 Å². The van der Waals surface area contributed by atoms with Gasteiger partial charge in [0, 0.05) is 49.7 Å². The number of imidazole rings is 1. The fourth-order valence-electron chi connectivity index (χ4n) is 5.33. The lowest BCUT2D eigenvalue weighted by atomic mass is 10.0. The quantitative estimate of drug-likeness (QED) is 0.279. The molecule has 0 radical (unpaired) electrons. The summed E-state index contributed by atoms with van der Waals surface area (Å²) in [7, 11) is 0. The molecule has 0 unspecified atom stereocenters. The van der Waals surface area contributed by atoms with Gasteiger partial charge < -0.3 is 19.6 Å². The summed E-state index contributed by atoms with van der Waals surface area (Å²) in [5, 5.41) is 2.97. The number of aromatic amines is 1. The number of alkyl carbamates (subject to hydrolysis) is 1. The van der Waals surface area contributed by atoms with Crippen molar-refractivity contribution in [1.82, 2.24) is 34.7 Å². The van der Waals surface area contributed by atoms with Crippen LogP contribution in [-0.4, -0.2) is 55.1 Å². The van der Waals surface area contributed by atoms with Gasteiger partial charge in [-0.2, -0.15) is 8.78 Å². The third-order valence-electron chi connectivity index (χ3n) is 7.28. The van der Waals surface area contributed by atoms with E-state index in [0.717, 1.165) is 36.1 Å². The number of hydrogen-bond donors (Lipinski definition) is 2. The number of carbonyl (C=O) groups is 1. The van der Waals surface area contributed by atoms with Gasteiger partial charge in [-0.25, -0.2) is 14.8 Å². The van der Waals surface area contributed by atoms with Crippen molar-refractivity contribution >= 4 is 28.2 Å². The Morgan fingerprint density at radius 1 is 1.07 bits per heavy atom. The molecular weight excluding hydrogens is 516 g/mol. The van der Waals surface area contributed by atoms with E-state index >= 15 is 8.78 Å². The highest BCUT2D eigenvalue weighted by molar-refractivity contribution is 6.01. The van der Waals surface area contributed by atoms with Gasteiger partial charge in [0.1, 0.15) is 17.8 Å². The summed E-state index contributed by atoms with van der Waals surface area (Å²) in [4.78, 5) is 30.5. The summed E-state index contributed by atoms with van der Waals surface area (Å²) in [6.45, 7) is 1.31. The molecule has 206 valence electrons. The van der Waals surface area contributed by atoms with Gasteiger partial charge in [-0.1, -0.05) is 36.4 Å². The molecule has 2 N–H and O–H groups in total. The number of benzene rings is 1. The first-order valence-electron chi connectivity index (χ1n) is 13.3. The lowest BCUT2D eigenvalue weighted by molar-refractivity contribution is -0.0178. The largest absolute Gasteiger partial charge is 0.445 e. The number of pyridine rings is 2. The number of halogens is 2. The van der Waals surface area contributed by atoms with Gasteiger partial charge in [-0.15, -0.1) is 0 Å². The molecule has 11 heteroatoms. The monoisotopic (exact) mass is 545 g/mol. The Labute approximate surface area is 229 Å². The van der Waals surface area contributed by atoms with Gasteiger partial charge in [0.25, 0.3) is 0 Å². The lowest BCUT2D eigenvalue weighted by Crippen LogP contribution is -2.39. The predicted octanol–water partition coefficient (Wildman–Crippen LogP) is 5.16. The van der Waals surface area contributed by atoms with Crippen LogP contribution in [-0.2, 0) is 23.8 Å². The van der Waals surface area contributed by atoms with Crippen molar-refractivity contribution in [1.29, 1.82) is 0 Å². The molecule has 1 aliphatic heterocycles. The molecule has 0 atom stereocenters. The maximum Gasteiger partial charge on any atom is 0.407 e. The maximum atomic E-state index is 15.8. The van der Waals surface area contributed by atoms with E-state index in [4.69, 9.17) is 4.74 Å². The van der Waals surface area contributed by atoms with E-state index in [-0.39, 0.29) is 18.5 Å². The first-order valence-corrected chi connectivity index (χ1v) is 13.3. The van der Waals surface area contributed by atoms with Crippen LogP contribution in [0.15, 0.2) is 73.3 Å². The highest BCUT2D eigenvalue weighted by atomic mass is 19.3. The van der Waals surface area contributed by atoms with Crippen LogP contribution in [0, 0.1) is 0 Å². The zero-order valence-corrected chi connectivity index (χ0v) is 21.8. The van der Waals surface area contributed by atoms with E-state index in [1.807, 2.05) is 42.6 Å². The van der Waals surface area contributed by atoms with Crippen LogP contribution in [0.1, 0.15) is 35.8 Å². The van der Waals surface area contributed by atoms with Crippen molar-refractivity contribution in [2.75, 3.05) is 19.6 Å². The van der Waals surface area contributed by atoms with Crippen molar-refractivity contribution in [2.24, 2.45) is 0 Å². The SMILES string of the molecule is O=C(NCC(F)(F)c1nc2cnc3[nH]ccc3c2n1C1CCN(Cc2cccnc2)CC1)OCc1ccccc1. The molecule has 0 bridgehead atoms. The summed E-state index contributed by atoms with van der Waals surface area (Å²) in [5.74, 6) is -3.83. The van der Waals surface area contributed by atoms with Crippen LogP contribution >= 0.6 is 0 Å². The third kappa shape index (κ3) is 5.37. The number of carbonyl (C=O) groups excluding carboxylic acids is 1. The summed E-state index contributed by atoms with van der Waals surface area (Å²) in [6.07, 6.45) is 7.30. The fraction of sp³-hybridized carbons (Fsp3) is 0.310.